The molecule has 0 aromatic rings. The van der Waals surface area contributed by atoms with Crippen molar-refractivity contribution in [3.05, 3.63) is 12.2 Å². The summed E-state index contributed by atoms with van der Waals surface area (Å²) in [5.41, 5.74) is 0. The predicted octanol–water partition coefficient (Wildman–Crippen LogP) is 1.06. The average Bonchev–Trinajstić information content (AvgIpc) is 1.61. The Morgan fingerprint density at radius 2 is 2.50 bits per heavy atom. The van der Waals surface area contributed by atoms with E-state index in [1.165, 1.54) is 0 Å². The van der Waals surface area contributed by atoms with Crippen molar-refractivity contribution in [1.29, 1.82) is 0 Å². The second-order valence-electron chi connectivity index (χ2n) is 0.917. The van der Waals surface area contributed by atoms with Gasteiger partial charge in [-0.25, -0.2) is 0 Å². The molecule has 0 aliphatic carbocycles. The molecule has 1 radical (unpaired) electrons. The summed E-state index contributed by atoms with van der Waals surface area (Å²) in [4.78, 5) is 9.39. The molecule has 0 bridgehead atoms. The van der Waals surface area contributed by atoms with Crippen LogP contribution in [0.1, 0.15) is 13.3 Å². The third-order valence-electron chi connectivity index (χ3n) is 0.437. The molecule has 0 fully saturated rings. The maximum absolute atomic E-state index is 9.39. The lowest BCUT2D eigenvalue weighted by atomic mass is 10.4. The Balaban J connectivity index is 2.85. The summed E-state index contributed by atoms with van der Waals surface area (Å²) in [7, 11) is 0. The van der Waals surface area contributed by atoms with Crippen LogP contribution in [0, 0.1) is 0 Å². The van der Waals surface area contributed by atoms with Crippen LogP contribution in [-0.2, 0) is 4.79 Å². The largest absolute Gasteiger partial charge is 0.291 e. The van der Waals surface area contributed by atoms with Gasteiger partial charge in [0.1, 0.15) is 0 Å². The van der Waals surface area contributed by atoms with Crippen molar-refractivity contribution in [1.82, 2.24) is 0 Å². The van der Waals surface area contributed by atoms with Crippen LogP contribution in [0.25, 0.3) is 0 Å². The number of rotatable bonds is 2. The van der Waals surface area contributed by atoms with Gasteiger partial charge in [0.25, 0.3) is 0 Å². The van der Waals surface area contributed by atoms with E-state index < -0.39 is 0 Å². The summed E-state index contributed by atoms with van der Waals surface area (Å²) >= 11 is 0. The SMILES string of the molecule is C/C=C\C[C]=O. The fourth-order valence-corrected chi connectivity index (χ4v) is 0.166. The predicted molar refractivity (Wildman–Crippen MR) is 25.1 cm³/mol. The molecule has 0 aliphatic heterocycles. The van der Waals surface area contributed by atoms with Gasteiger partial charge in [-0.05, 0) is 6.92 Å². The van der Waals surface area contributed by atoms with Crippen LogP contribution in [0.3, 0.4) is 0 Å². The second kappa shape index (κ2) is 4.41. The molecule has 0 N–H and O–H groups in total. The number of carbonyl (C=O) groups excluding carboxylic acids is 1. The van der Waals surface area contributed by atoms with E-state index in [2.05, 4.69) is 0 Å². The minimum absolute atomic E-state index is 0.427. The molecule has 0 amide bonds. The van der Waals surface area contributed by atoms with E-state index in [1.807, 2.05) is 13.0 Å². The molecule has 6 heavy (non-hydrogen) atoms. The molecule has 0 unspecified atom stereocenters. The maximum atomic E-state index is 9.39. The van der Waals surface area contributed by atoms with Crippen molar-refractivity contribution >= 4 is 6.29 Å². The average molecular weight is 83.1 g/mol. The number of hydrogen-bond acceptors (Lipinski definition) is 1. The van der Waals surface area contributed by atoms with E-state index in [0.29, 0.717) is 6.42 Å². The number of hydrogen-bond donors (Lipinski definition) is 0. The highest BCUT2D eigenvalue weighted by Gasteiger charge is 1.65. The Kier molecular flexibility index (Phi) is 3.98. The third-order valence-corrected chi connectivity index (χ3v) is 0.437. The molecule has 0 aromatic carbocycles. The van der Waals surface area contributed by atoms with E-state index in [4.69, 9.17) is 0 Å². The first-order valence-corrected chi connectivity index (χ1v) is 1.88. The molecule has 0 saturated carbocycles. The lowest BCUT2D eigenvalue weighted by molar-refractivity contribution is 0.556. The van der Waals surface area contributed by atoms with Gasteiger partial charge in [-0.1, -0.05) is 12.2 Å². The van der Waals surface area contributed by atoms with Gasteiger partial charge >= 0.3 is 0 Å². The lowest BCUT2D eigenvalue weighted by Gasteiger charge is -1.64. The monoisotopic (exact) mass is 83.0 g/mol. The highest BCUT2D eigenvalue weighted by molar-refractivity contribution is 5.52. The van der Waals surface area contributed by atoms with Gasteiger partial charge in [0.2, 0.25) is 6.29 Å². The van der Waals surface area contributed by atoms with Crippen LogP contribution in [0.15, 0.2) is 12.2 Å². The third kappa shape index (κ3) is 3.41. The van der Waals surface area contributed by atoms with Crippen LogP contribution in [0.5, 0.6) is 0 Å². The van der Waals surface area contributed by atoms with E-state index in [1.54, 1.807) is 12.4 Å². The van der Waals surface area contributed by atoms with Gasteiger partial charge in [-0.15, -0.1) is 0 Å². The molecule has 0 saturated heterocycles. The summed E-state index contributed by atoms with van der Waals surface area (Å²) in [6.45, 7) is 1.87. The lowest BCUT2D eigenvalue weighted by Crippen LogP contribution is -1.61. The van der Waals surface area contributed by atoms with Crippen molar-refractivity contribution in [3.8, 4) is 0 Å². The Labute approximate surface area is 37.7 Å². The Morgan fingerprint density at radius 1 is 1.83 bits per heavy atom. The Morgan fingerprint density at radius 3 is 2.67 bits per heavy atom. The van der Waals surface area contributed by atoms with Crippen LogP contribution >= 0.6 is 0 Å². The molecule has 33 valence electrons. The van der Waals surface area contributed by atoms with E-state index in [-0.39, 0.29) is 0 Å². The van der Waals surface area contributed by atoms with Crippen molar-refractivity contribution < 1.29 is 4.79 Å². The maximum Gasteiger partial charge on any atom is 0.202 e. The molecular weight excluding hydrogens is 76.1 g/mol. The molecule has 0 aromatic heterocycles. The first-order valence-electron chi connectivity index (χ1n) is 1.88. The van der Waals surface area contributed by atoms with Gasteiger partial charge in [0.05, 0.1) is 0 Å². The van der Waals surface area contributed by atoms with Crippen LogP contribution < -0.4 is 0 Å². The molecule has 0 aliphatic rings. The van der Waals surface area contributed by atoms with Crippen LogP contribution in [-0.4, -0.2) is 6.29 Å². The molecule has 1 heteroatoms. The number of allylic oxidation sites excluding steroid dienone is 2. The second-order valence-corrected chi connectivity index (χ2v) is 0.917. The molecular formula is C5H7O. The van der Waals surface area contributed by atoms with Crippen molar-refractivity contribution in [2.75, 3.05) is 0 Å². The zero-order valence-corrected chi connectivity index (χ0v) is 3.77. The molecule has 0 heterocycles. The van der Waals surface area contributed by atoms with Crippen molar-refractivity contribution in [3.63, 3.8) is 0 Å². The topological polar surface area (TPSA) is 17.1 Å². The summed E-state index contributed by atoms with van der Waals surface area (Å²) in [6, 6.07) is 0. The van der Waals surface area contributed by atoms with Gasteiger partial charge in [0.15, 0.2) is 0 Å². The van der Waals surface area contributed by atoms with Crippen LogP contribution in [0.2, 0.25) is 0 Å². The Bertz CT molecular complexity index is 55.0. The van der Waals surface area contributed by atoms with E-state index in [9.17, 15) is 4.79 Å². The van der Waals surface area contributed by atoms with Gasteiger partial charge in [-0.3, -0.25) is 4.79 Å². The summed E-state index contributed by atoms with van der Waals surface area (Å²) in [6.07, 6.45) is 5.74. The summed E-state index contributed by atoms with van der Waals surface area (Å²) < 4.78 is 0. The van der Waals surface area contributed by atoms with Crippen molar-refractivity contribution in [2.24, 2.45) is 0 Å². The molecule has 0 atom stereocenters. The fourth-order valence-electron chi connectivity index (χ4n) is 0.166. The molecule has 0 spiro atoms. The van der Waals surface area contributed by atoms with Crippen LogP contribution in [0.4, 0.5) is 0 Å². The zero-order chi connectivity index (χ0) is 4.83. The molecule has 1 nitrogen and oxygen atoms in total. The highest BCUT2D eigenvalue weighted by atomic mass is 16.1. The van der Waals surface area contributed by atoms with E-state index in [0.717, 1.165) is 0 Å². The highest BCUT2D eigenvalue weighted by Crippen LogP contribution is 1.71. The normalized spacial score (nSPS) is 9.50. The fraction of sp³-hybridized carbons (Fsp3) is 0.400. The first-order chi connectivity index (χ1) is 2.91. The van der Waals surface area contributed by atoms with Gasteiger partial charge in [0, 0.05) is 6.42 Å². The minimum atomic E-state index is 0.427. The summed E-state index contributed by atoms with van der Waals surface area (Å²) in [5, 5.41) is 0. The standard InChI is InChI=1S/C5H7O/c1-2-3-4-5-6/h2-3H,4H2,1H3/b3-2-. The Hall–Kier alpha value is -0.590. The quantitative estimate of drug-likeness (QED) is 0.456. The summed E-state index contributed by atoms with van der Waals surface area (Å²) in [5.74, 6) is 0. The van der Waals surface area contributed by atoms with Gasteiger partial charge < -0.3 is 0 Å². The smallest absolute Gasteiger partial charge is 0.202 e. The van der Waals surface area contributed by atoms with Gasteiger partial charge in [-0.2, -0.15) is 0 Å². The van der Waals surface area contributed by atoms with E-state index >= 15 is 0 Å². The van der Waals surface area contributed by atoms with Crippen molar-refractivity contribution in [2.45, 2.75) is 13.3 Å². The molecule has 0 rings (SSSR count). The first kappa shape index (κ1) is 5.41. The minimum Gasteiger partial charge on any atom is -0.291 e. The zero-order valence-electron chi connectivity index (χ0n) is 3.77.